The molecule has 9 nitrogen and oxygen atoms in total. The van der Waals surface area contributed by atoms with Crippen molar-refractivity contribution in [2.45, 2.75) is 20.4 Å². The van der Waals surface area contributed by atoms with Gasteiger partial charge in [-0.25, -0.2) is 4.79 Å². The zero-order valence-corrected chi connectivity index (χ0v) is 16.7. The molecular formula is C19H19N5O4S. The number of Topliss-reactive ketones (excluding diaryl/α,β-unsaturated/α-hetero) is 1. The predicted octanol–water partition coefficient (Wildman–Crippen LogP) is 2.42. The second-order valence-electron chi connectivity index (χ2n) is 6.46. The summed E-state index contributed by atoms with van der Waals surface area (Å²) >= 11 is 1.50. The number of anilines is 1. The van der Waals surface area contributed by atoms with Gasteiger partial charge in [-0.2, -0.15) is 16.1 Å². The monoisotopic (exact) mass is 413 g/mol. The molecule has 29 heavy (non-hydrogen) atoms. The van der Waals surface area contributed by atoms with Crippen molar-refractivity contribution < 1.29 is 19.1 Å². The molecule has 0 aliphatic rings. The van der Waals surface area contributed by atoms with E-state index < -0.39 is 12.6 Å². The predicted molar refractivity (Wildman–Crippen MR) is 106 cm³/mol. The maximum Gasteiger partial charge on any atom is 0.330 e. The van der Waals surface area contributed by atoms with Crippen LogP contribution in [0.4, 0.5) is 5.69 Å². The van der Waals surface area contributed by atoms with Crippen molar-refractivity contribution in [3.05, 3.63) is 46.7 Å². The molecule has 0 fully saturated rings. The van der Waals surface area contributed by atoms with E-state index in [4.69, 9.17) is 4.74 Å². The fraction of sp³-hybridized carbons (Fsp3) is 0.263. The van der Waals surface area contributed by atoms with Gasteiger partial charge in [0.15, 0.2) is 18.9 Å². The molecule has 150 valence electrons. The number of esters is 1. The Kier molecular flexibility index (Phi) is 6.45. The van der Waals surface area contributed by atoms with E-state index in [2.05, 4.69) is 20.7 Å². The number of amides is 1. The zero-order valence-electron chi connectivity index (χ0n) is 15.9. The van der Waals surface area contributed by atoms with Gasteiger partial charge < -0.3 is 10.1 Å². The quantitative estimate of drug-likeness (QED) is 0.445. The first kappa shape index (κ1) is 20.3. The molecule has 10 heteroatoms. The van der Waals surface area contributed by atoms with Crippen molar-refractivity contribution in [1.29, 1.82) is 0 Å². The van der Waals surface area contributed by atoms with Crippen LogP contribution in [0.25, 0.3) is 11.4 Å². The molecule has 0 aliphatic heterocycles. The van der Waals surface area contributed by atoms with Gasteiger partial charge in [-0.15, -0.1) is 10.2 Å². The van der Waals surface area contributed by atoms with E-state index in [1.807, 2.05) is 16.8 Å². The van der Waals surface area contributed by atoms with Crippen LogP contribution >= 0.6 is 11.3 Å². The number of tetrazole rings is 1. The Labute approximate surface area is 170 Å². The Balaban J connectivity index is 1.48. The lowest BCUT2D eigenvalue weighted by atomic mass is 10.1. The number of benzene rings is 1. The van der Waals surface area contributed by atoms with Crippen LogP contribution in [0.15, 0.2) is 41.1 Å². The Hall–Kier alpha value is -3.40. The Morgan fingerprint density at radius 1 is 1.17 bits per heavy atom. The third-order valence-electron chi connectivity index (χ3n) is 3.87. The van der Waals surface area contributed by atoms with E-state index in [9.17, 15) is 14.4 Å². The van der Waals surface area contributed by atoms with Crippen LogP contribution in [-0.4, -0.2) is 44.5 Å². The molecule has 0 spiro atoms. The lowest BCUT2D eigenvalue weighted by Gasteiger charge is -2.08. The largest absolute Gasteiger partial charge is 0.456 e. The normalized spacial score (nSPS) is 10.7. The molecule has 3 aromatic rings. The van der Waals surface area contributed by atoms with Crippen molar-refractivity contribution >= 4 is 34.7 Å². The SMILES string of the molecule is CC(C)C(=O)Nc1ccc(C(=O)COC(=O)Cn2nnc(-c3ccsc3)n2)cc1. The standard InChI is InChI=1S/C19H19N5O4S/c1-12(2)19(27)20-15-5-3-13(4-6-15)16(25)10-28-17(26)9-24-22-18(21-23-24)14-7-8-29-11-14/h3-8,11-12H,9-10H2,1-2H3,(H,20,27). The highest BCUT2D eigenvalue weighted by Gasteiger charge is 2.14. The molecule has 0 aliphatic carbocycles. The molecule has 0 saturated heterocycles. The van der Waals surface area contributed by atoms with Crippen LogP contribution in [-0.2, 0) is 20.9 Å². The van der Waals surface area contributed by atoms with Crippen molar-refractivity contribution in [2.24, 2.45) is 5.92 Å². The Morgan fingerprint density at radius 3 is 2.59 bits per heavy atom. The fourth-order valence-corrected chi connectivity index (χ4v) is 2.87. The summed E-state index contributed by atoms with van der Waals surface area (Å²) in [5, 5.41) is 18.3. The van der Waals surface area contributed by atoms with Crippen LogP contribution in [0.5, 0.6) is 0 Å². The molecule has 1 aromatic carbocycles. The van der Waals surface area contributed by atoms with E-state index in [1.165, 1.54) is 11.3 Å². The van der Waals surface area contributed by atoms with Gasteiger partial charge in [0, 0.05) is 28.1 Å². The summed E-state index contributed by atoms with van der Waals surface area (Å²) in [4.78, 5) is 36.9. The summed E-state index contributed by atoms with van der Waals surface area (Å²) < 4.78 is 5.00. The Bertz CT molecular complexity index is 996. The number of ketones is 1. The molecule has 0 unspecified atom stereocenters. The Morgan fingerprint density at radius 2 is 1.93 bits per heavy atom. The number of thiophene rings is 1. The minimum atomic E-state index is -0.645. The molecule has 1 amide bonds. The second-order valence-corrected chi connectivity index (χ2v) is 7.24. The summed E-state index contributed by atoms with van der Waals surface area (Å²) in [5.74, 6) is -0.836. The van der Waals surface area contributed by atoms with Gasteiger partial charge in [0.2, 0.25) is 11.7 Å². The van der Waals surface area contributed by atoms with Gasteiger partial charge in [-0.1, -0.05) is 13.8 Å². The van der Waals surface area contributed by atoms with Gasteiger partial charge in [0.25, 0.3) is 0 Å². The maximum atomic E-state index is 12.2. The molecule has 0 radical (unpaired) electrons. The van der Waals surface area contributed by atoms with Crippen LogP contribution in [0.2, 0.25) is 0 Å². The van der Waals surface area contributed by atoms with Gasteiger partial charge >= 0.3 is 5.97 Å². The number of rotatable bonds is 8. The van der Waals surface area contributed by atoms with Crippen LogP contribution in [0, 0.1) is 5.92 Å². The summed E-state index contributed by atoms with van der Waals surface area (Å²) in [5.41, 5.74) is 1.78. The van der Waals surface area contributed by atoms with Gasteiger partial charge in [0.05, 0.1) is 0 Å². The van der Waals surface area contributed by atoms with Crippen molar-refractivity contribution in [3.8, 4) is 11.4 Å². The first-order valence-corrected chi connectivity index (χ1v) is 9.77. The highest BCUT2D eigenvalue weighted by atomic mass is 32.1. The third-order valence-corrected chi connectivity index (χ3v) is 4.55. The van der Waals surface area contributed by atoms with Gasteiger partial charge in [0.1, 0.15) is 0 Å². The van der Waals surface area contributed by atoms with Crippen LogP contribution < -0.4 is 5.32 Å². The van der Waals surface area contributed by atoms with E-state index in [0.29, 0.717) is 17.1 Å². The van der Waals surface area contributed by atoms with E-state index in [-0.39, 0.29) is 24.2 Å². The minimum absolute atomic E-state index is 0.109. The zero-order chi connectivity index (χ0) is 20.8. The summed E-state index contributed by atoms with van der Waals surface area (Å²) in [6.07, 6.45) is 0. The molecule has 2 heterocycles. The van der Waals surface area contributed by atoms with Crippen LogP contribution in [0.1, 0.15) is 24.2 Å². The highest BCUT2D eigenvalue weighted by Crippen LogP contribution is 2.16. The molecule has 1 N–H and O–H groups in total. The average Bonchev–Trinajstić information content (AvgIpc) is 3.38. The maximum absolute atomic E-state index is 12.2. The van der Waals surface area contributed by atoms with Gasteiger partial charge in [-0.3, -0.25) is 9.59 Å². The highest BCUT2D eigenvalue weighted by molar-refractivity contribution is 7.08. The number of hydrogen-bond donors (Lipinski definition) is 1. The van der Waals surface area contributed by atoms with E-state index in [0.717, 1.165) is 10.4 Å². The summed E-state index contributed by atoms with van der Waals surface area (Å²) in [7, 11) is 0. The number of nitrogens with one attached hydrogen (secondary N) is 1. The first-order valence-electron chi connectivity index (χ1n) is 8.82. The molecule has 0 atom stereocenters. The van der Waals surface area contributed by atoms with E-state index in [1.54, 1.807) is 38.1 Å². The topological polar surface area (TPSA) is 116 Å². The number of ether oxygens (including phenoxy) is 1. The summed E-state index contributed by atoms with van der Waals surface area (Å²) in [6, 6.07) is 8.24. The molecule has 0 saturated carbocycles. The van der Waals surface area contributed by atoms with Gasteiger partial charge in [-0.05, 0) is 40.9 Å². The number of carbonyl (C=O) groups excluding carboxylic acids is 3. The number of carbonyl (C=O) groups is 3. The number of hydrogen-bond acceptors (Lipinski definition) is 8. The lowest BCUT2D eigenvalue weighted by molar-refractivity contribution is -0.143. The van der Waals surface area contributed by atoms with E-state index >= 15 is 0 Å². The minimum Gasteiger partial charge on any atom is -0.456 e. The number of aromatic nitrogens is 4. The molecule has 2 aromatic heterocycles. The third kappa shape index (κ3) is 5.55. The molecule has 3 rings (SSSR count). The van der Waals surface area contributed by atoms with Crippen molar-refractivity contribution in [2.75, 3.05) is 11.9 Å². The lowest BCUT2D eigenvalue weighted by Crippen LogP contribution is -2.20. The number of nitrogens with zero attached hydrogens (tertiary/aromatic N) is 4. The first-order chi connectivity index (χ1) is 13.9. The fourth-order valence-electron chi connectivity index (χ4n) is 2.23. The summed E-state index contributed by atoms with van der Waals surface area (Å²) in [6.45, 7) is 2.94. The molecular weight excluding hydrogens is 394 g/mol. The average molecular weight is 413 g/mol. The smallest absolute Gasteiger partial charge is 0.330 e. The second kappa shape index (κ2) is 9.20. The molecule has 0 bridgehead atoms. The van der Waals surface area contributed by atoms with Crippen molar-refractivity contribution in [1.82, 2.24) is 20.2 Å². The van der Waals surface area contributed by atoms with Crippen molar-refractivity contribution in [3.63, 3.8) is 0 Å². The van der Waals surface area contributed by atoms with Crippen LogP contribution in [0.3, 0.4) is 0 Å².